The number of ether oxygens (including phenoxy) is 1. The average Bonchev–Trinajstić information content (AvgIpc) is 2.82. The van der Waals surface area contributed by atoms with E-state index in [0.717, 1.165) is 23.1 Å². The highest BCUT2D eigenvalue weighted by molar-refractivity contribution is 8.13. The van der Waals surface area contributed by atoms with Crippen LogP contribution in [0, 0.1) is 0 Å². The zero-order chi connectivity index (χ0) is 16.5. The lowest BCUT2D eigenvalue weighted by Crippen LogP contribution is -2.32. The Bertz CT molecular complexity index is 665. The molecule has 1 N–H and O–H groups in total. The van der Waals surface area contributed by atoms with Crippen molar-refractivity contribution in [3.8, 4) is 0 Å². The highest BCUT2D eigenvalue weighted by atomic mass is 35.7. The van der Waals surface area contributed by atoms with Crippen molar-refractivity contribution in [3.63, 3.8) is 0 Å². The summed E-state index contributed by atoms with van der Waals surface area (Å²) in [7, 11) is 1.07. The quantitative estimate of drug-likeness (QED) is 0.840. The number of nitrogens with one attached hydrogen (secondary N) is 1. The van der Waals surface area contributed by atoms with Crippen LogP contribution < -0.4 is 5.32 Å². The molecule has 1 aliphatic heterocycles. The number of alkyl halides is 3. The number of hydrogen-bond donors (Lipinski definition) is 1. The second-order valence-electron chi connectivity index (χ2n) is 4.64. The monoisotopic (exact) mass is 360 g/mol. The summed E-state index contributed by atoms with van der Waals surface area (Å²) in [5, 5.41) is 1.20. The molecule has 1 fully saturated rings. The lowest BCUT2D eigenvalue weighted by atomic mass is 10.2. The minimum atomic E-state index is -5.09. The van der Waals surface area contributed by atoms with E-state index in [9.17, 15) is 26.4 Å². The number of hydrogen-bond acceptors (Lipinski definition) is 4. The van der Waals surface area contributed by atoms with Crippen molar-refractivity contribution in [1.82, 2.24) is 4.57 Å². The predicted octanol–water partition coefficient (Wildman–Crippen LogP) is 2.62. The van der Waals surface area contributed by atoms with Gasteiger partial charge in [-0.15, -0.1) is 0 Å². The molecular formula is C11H12ClF3N2O4S. The summed E-state index contributed by atoms with van der Waals surface area (Å²) in [6, 6.07) is 2.06. The molecule has 0 radical (unpaired) electrons. The molecule has 1 aliphatic rings. The van der Waals surface area contributed by atoms with Crippen molar-refractivity contribution in [3.05, 3.63) is 12.1 Å². The van der Waals surface area contributed by atoms with Gasteiger partial charge in [0.2, 0.25) is 0 Å². The Balaban J connectivity index is 2.42. The van der Waals surface area contributed by atoms with Crippen LogP contribution in [-0.4, -0.2) is 31.7 Å². The van der Waals surface area contributed by atoms with Gasteiger partial charge in [0.15, 0.2) is 5.03 Å². The Hall–Kier alpha value is -1.26. The summed E-state index contributed by atoms with van der Waals surface area (Å²) in [5.41, 5.74) is 0. The number of carbonyl (C=O) groups is 1. The van der Waals surface area contributed by atoms with E-state index in [0.29, 0.717) is 19.4 Å². The first-order chi connectivity index (χ1) is 10.1. The third kappa shape index (κ3) is 3.73. The lowest BCUT2D eigenvalue weighted by molar-refractivity contribution is -0.167. The molecule has 1 aromatic heterocycles. The second kappa shape index (κ2) is 6.09. The van der Waals surface area contributed by atoms with Crippen molar-refractivity contribution in [2.45, 2.75) is 36.7 Å². The molecule has 0 spiro atoms. The van der Waals surface area contributed by atoms with Crippen molar-refractivity contribution < 1.29 is 31.1 Å². The molecule has 1 aromatic rings. The highest BCUT2D eigenvalue weighted by Crippen LogP contribution is 2.33. The van der Waals surface area contributed by atoms with Gasteiger partial charge in [-0.05, 0) is 31.4 Å². The standard InChI is InChI=1S/C11H12ClF3N2O4S/c12-22(19,20)9-5-4-7(16-10(18)11(13,14)15)17(9)8-3-1-2-6-21-8/h4-5,8H,1-3,6H2,(H,16,18). The van der Waals surface area contributed by atoms with Gasteiger partial charge in [-0.1, -0.05) is 0 Å². The molecule has 2 rings (SSSR count). The van der Waals surface area contributed by atoms with Gasteiger partial charge in [0, 0.05) is 17.3 Å². The maximum atomic E-state index is 12.4. The van der Waals surface area contributed by atoms with Crippen LogP contribution in [0.15, 0.2) is 17.2 Å². The number of aromatic nitrogens is 1. The van der Waals surface area contributed by atoms with Gasteiger partial charge in [-0.3, -0.25) is 9.36 Å². The molecule has 22 heavy (non-hydrogen) atoms. The van der Waals surface area contributed by atoms with Crippen molar-refractivity contribution in [2.24, 2.45) is 0 Å². The summed E-state index contributed by atoms with van der Waals surface area (Å²) in [6.45, 7) is 0.331. The fourth-order valence-electron chi connectivity index (χ4n) is 2.14. The van der Waals surface area contributed by atoms with Crippen molar-refractivity contribution in [2.75, 3.05) is 11.9 Å². The van der Waals surface area contributed by atoms with Crippen LogP contribution in [0.4, 0.5) is 19.0 Å². The molecule has 0 aliphatic carbocycles. The molecule has 1 atom stereocenters. The zero-order valence-corrected chi connectivity index (χ0v) is 12.6. The van der Waals surface area contributed by atoms with Gasteiger partial charge in [-0.25, -0.2) is 8.42 Å². The zero-order valence-electron chi connectivity index (χ0n) is 11.1. The summed E-state index contributed by atoms with van der Waals surface area (Å²) in [5.74, 6) is -2.55. The Morgan fingerprint density at radius 1 is 1.36 bits per heavy atom. The minimum absolute atomic E-state index is 0.331. The van der Waals surface area contributed by atoms with Gasteiger partial charge in [0.05, 0.1) is 0 Å². The maximum Gasteiger partial charge on any atom is 0.471 e. The summed E-state index contributed by atoms with van der Waals surface area (Å²) >= 11 is 0. The molecule has 0 saturated carbocycles. The molecule has 1 unspecified atom stereocenters. The fourth-order valence-corrected chi connectivity index (χ4v) is 3.20. The first-order valence-electron chi connectivity index (χ1n) is 6.26. The van der Waals surface area contributed by atoms with E-state index in [4.69, 9.17) is 15.4 Å². The van der Waals surface area contributed by atoms with Crippen LogP contribution in [0.2, 0.25) is 0 Å². The lowest BCUT2D eigenvalue weighted by Gasteiger charge is -2.27. The predicted molar refractivity (Wildman–Crippen MR) is 71.0 cm³/mol. The van der Waals surface area contributed by atoms with E-state index in [-0.39, 0.29) is 5.82 Å². The molecule has 1 amide bonds. The van der Waals surface area contributed by atoms with E-state index >= 15 is 0 Å². The molecule has 124 valence electrons. The number of anilines is 1. The Morgan fingerprint density at radius 2 is 2.05 bits per heavy atom. The summed E-state index contributed by atoms with van der Waals surface area (Å²) in [6.07, 6.45) is -4.05. The normalized spacial score (nSPS) is 19.9. The average molecular weight is 361 g/mol. The third-order valence-corrected chi connectivity index (χ3v) is 4.38. The SMILES string of the molecule is O=C(Nc1ccc(S(=O)(=O)Cl)n1C1CCCCO1)C(F)(F)F. The smallest absolute Gasteiger partial charge is 0.358 e. The largest absolute Gasteiger partial charge is 0.471 e. The van der Waals surface area contributed by atoms with E-state index in [1.54, 1.807) is 5.32 Å². The Labute approximate surface area is 128 Å². The van der Waals surface area contributed by atoms with Gasteiger partial charge in [0.25, 0.3) is 9.05 Å². The van der Waals surface area contributed by atoms with Crippen LogP contribution >= 0.6 is 10.7 Å². The molecule has 1 saturated heterocycles. The number of carbonyl (C=O) groups excluding carboxylic acids is 1. The number of amides is 1. The topological polar surface area (TPSA) is 77.4 Å². The Morgan fingerprint density at radius 3 is 2.55 bits per heavy atom. The third-order valence-electron chi connectivity index (χ3n) is 3.07. The van der Waals surface area contributed by atoms with Gasteiger partial charge < -0.3 is 10.1 Å². The number of rotatable bonds is 3. The summed E-state index contributed by atoms with van der Waals surface area (Å²) in [4.78, 5) is 11.1. The fraction of sp³-hybridized carbons (Fsp3) is 0.545. The minimum Gasteiger partial charge on any atom is -0.358 e. The molecule has 0 aromatic carbocycles. The Kier molecular flexibility index (Phi) is 4.73. The van der Waals surface area contributed by atoms with Crippen LogP contribution in [0.5, 0.6) is 0 Å². The van der Waals surface area contributed by atoms with E-state index in [1.807, 2.05) is 0 Å². The molecular weight excluding hydrogens is 349 g/mol. The van der Waals surface area contributed by atoms with E-state index in [1.165, 1.54) is 0 Å². The van der Waals surface area contributed by atoms with Crippen molar-refractivity contribution >= 4 is 31.5 Å². The first-order valence-corrected chi connectivity index (χ1v) is 8.57. The van der Waals surface area contributed by atoms with E-state index in [2.05, 4.69) is 0 Å². The van der Waals surface area contributed by atoms with Crippen LogP contribution in [0.3, 0.4) is 0 Å². The second-order valence-corrected chi connectivity index (χ2v) is 7.15. The number of halogens is 4. The first kappa shape index (κ1) is 17.1. The molecule has 0 bridgehead atoms. The van der Waals surface area contributed by atoms with Gasteiger partial charge in [0.1, 0.15) is 12.0 Å². The van der Waals surface area contributed by atoms with Crippen LogP contribution in [0.25, 0.3) is 0 Å². The highest BCUT2D eigenvalue weighted by Gasteiger charge is 2.40. The van der Waals surface area contributed by atoms with Crippen LogP contribution in [-0.2, 0) is 18.6 Å². The molecule has 6 nitrogen and oxygen atoms in total. The van der Waals surface area contributed by atoms with Gasteiger partial charge in [-0.2, -0.15) is 13.2 Å². The maximum absolute atomic E-state index is 12.4. The van der Waals surface area contributed by atoms with Crippen LogP contribution in [0.1, 0.15) is 25.5 Å². The van der Waals surface area contributed by atoms with Gasteiger partial charge >= 0.3 is 12.1 Å². The number of nitrogens with zero attached hydrogens (tertiary/aromatic N) is 1. The summed E-state index contributed by atoms with van der Waals surface area (Å²) < 4.78 is 66.5. The molecule has 11 heteroatoms. The van der Waals surface area contributed by atoms with E-state index < -0.39 is 32.4 Å². The van der Waals surface area contributed by atoms with Crippen molar-refractivity contribution in [1.29, 1.82) is 0 Å². The molecule has 2 heterocycles.